The van der Waals surface area contributed by atoms with Gasteiger partial charge in [-0.2, -0.15) is 5.10 Å². The molecule has 8 heteroatoms. The quantitative estimate of drug-likeness (QED) is 0.571. The van der Waals surface area contributed by atoms with E-state index < -0.39 is 0 Å². The smallest absolute Gasteiger partial charge is 0.274 e. The lowest BCUT2D eigenvalue weighted by atomic mass is 9.93. The number of hydrazone groups is 1. The molecule has 0 saturated carbocycles. The van der Waals surface area contributed by atoms with Crippen LogP contribution in [0.4, 0.5) is 5.95 Å². The summed E-state index contributed by atoms with van der Waals surface area (Å²) >= 11 is 0. The Balaban J connectivity index is 2.13. The fourth-order valence-electron chi connectivity index (χ4n) is 2.27. The minimum atomic E-state index is -0.377. The predicted molar refractivity (Wildman–Crippen MR) is 106 cm³/mol. The van der Waals surface area contributed by atoms with Gasteiger partial charge in [0.2, 0.25) is 5.95 Å². The van der Waals surface area contributed by atoms with Crippen LogP contribution in [-0.2, 0) is 5.41 Å². The van der Waals surface area contributed by atoms with E-state index >= 15 is 0 Å². The third-order valence-electron chi connectivity index (χ3n) is 3.42. The molecule has 2 N–H and O–H groups in total. The van der Waals surface area contributed by atoms with E-state index in [1.54, 1.807) is 6.21 Å². The van der Waals surface area contributed by atoms with Gasteiger partial charge in [-0.25, -0.2) is 5.43 Å². The first kappa shape index (κ1) is 20.4. The first-order chi connectivity index (χ1) is 12.7. The molecule has 0 aliphatic heterocycles. The standard InChI is InChI=1S/C19H27N5O3/c1-7-26-15-10-13(8-9-14(15)27-12(2)3)11-20-23-18-21-17(25)16(22-24-18)19(4,5)6/h8-12H,7H2,1-6H3,(H2,21,23,24,25)/b20-11+. The Kier molecular flexibility index (Phi) is 6.55. The van der Waals surface area contributed by atoms with Crippen LogP contribution in [-0.4, -0.2) is 34.1 Å². The highest BCUT2D eigenvalue weighted by Gasteiger charge is 2.20. The molecule has 0 aliphatic rings. The maximum Gasteiger partial charge on any atom is 0.274 e. The maximum absolute atomic E-state index is 12.1. The third-order valence-corrected chi connectivity index (χ3v) is 3.42. The fraction of sp³-hybridized carbons (Fsp3) is 0.474. The minimum Gasteiger partial charge on any atom is -0.490 e. The monoisotopic (exact) mass is 373 g/mol. The van der Waals surface area contributed by atoms with Crippen molar-refractivity contribution < 1.29 is 9.47 Å². The van der Waals surface area contributed by atoms with Crippen LogP contribution in [0, 0.1) is 0 Å². The van der Waals surface area contributed by atoms with Gasteiger partial charge >= 0.3 is 0 Å². The van der Waals surface area contributed by atoms with Crippen molar-refractivity contribution in [1.29, 1.82) is 0 Å². The van der Waals surface area contributed by atoms with E-state index in [0.29, 0.717) is 23.8 Å². The van der Waals surface area contributed by atoms with E-state index in [1.165, 1.54) is 0 Å². The second kappa shape index (κ2) is 8.66. The van der Waals surface area contributed by atoms with E-state index in [9.17, 15) is 4.79 Å². The number of hydrogen-bond donors (Lipinski definition) is 2. The van der Waals surface area contributed by atoms with Gasteiger partial charge in [0, 0.05) is 5.41 Å². The molecule has 2 rings (SSSR count). The van der Waals surface area contributed by atoms with Gasteiger partial charge in [0.05, 0.1) is 18.9 Å². The van der Waals surface area contributed by atoms with Crippen molar-refractivity contribution in [3.63, 3.8) is 0 Å². The van der Waals surface area contributed by atoms with Gasteiger partial charge in [-0.15, -0.1) is 10.2 Å². The molecule has 0 bridgehead atoms. The van der Waals surface area contributed by atoms with Gasteiger partial charge in [-0.3, -0.25) is 9.78 Å². The summed E-state index contributed by atoms with van der Waals surface area (Å²) in [5.74, 6) is 1.51. The molecule has 0 aliphatic carbocycles. The molecular weight excluding hydrogens is 346 g/mol. The Morgan fingerprint density at radius 2 is 2.00 bits per heavy atom. The van der Waals surface area contributed by atoms with Crippen LogP contribution in [0.2, 0.25) is 0 Å². The number of nitrogens with zero attached hydrogens (tertiary/aromatic N) is 3. The Labute approximate surface area is 159 Å². The third kappa shape index (κ3) is 5.80. The molecule has 2 aromatic rings. The minimum absolute atomic E-state index is 0.0526. The Bertz CT molecular complexity index is 853. The number of H-pyrrole nitrogens is 1. The van der Waals surface area contributed by atoms with Gasteiger partial charge in [-0.05, 0) is 44.5 Å². The number of hydrogen-bond acceptors (Lipinski definition) is 7. The van der Waals surface area contributed by atoms with Crippen LogP contribution in [0.25, 0.3) is 0 Å². The van der Waals surface area contributed by atoms with Crippen molar-refractivity contribution in [2.75, 3.05) is 12.0 Å². The second-order valence-corrected chi connectivity index (χ2v) is 7.28. The molecule has 0 fully saturated rings. The van der Waals surface area contributed by atoms with Crippen molar-refractivity contribution in [3.8, 4) is 11.5 Å². The molecule has 1 heterocycles. The zero-order chi connectivity index (χ0) is 20.0. The number of aromatic amines is 1. The number of ether oxygens (including phenoxy) is 2. The molecule has 8 nitrogen and oxygen atoms in total. The molecule has 27 heavy (non-hydrogen) atoms. The topological polar surface area (TPSA) is 101 Å². The summed E-state index contributed by atoms with van der Waals surface area (Å²) in [6.45, 7) is 12.1. The van der Waals surface area contributed by atoms with Crippen LogP contribution < -0.4 is 20.5 Å². The number of benzene rings is 1. The maximum atomic E-state index is 12.1. The molecule has 0 atom stereocenters. The second-order valence-electron chi connectivity index (χ2n) is 7.28. The van der Waals surface area contributed by atoms with Crippen molar-refractivity contribution >= 4 is 12.2 Å². The Morgan fingerprint density at radius 1 is 1.26 bits per heavy atom. The normalized spacial score (nSPS) is 11.8. The van der Waals surface area contributed by atoms with E-state index in [4.69, 9.17) is 9.47 Å². The van der Waals surface area contributed by atoms with Crippen molar-refractivity contribution in [2.45, 2.75) is 53.1 Å². The van der Waals surface area contributed by atoms with Gasteiger partial charge in [0.25, 0.3) is 5.56 Å². The number of anilines is 1. The molecule has 0 unspecified atom stereocenters. The molecule has 0 amide bonds. The van der Waals surface area contributed by atoms with Crippen LogP contribution in [0.3, 0.4) is 0 Å². The fourth-order valence-corrected chi connectivity index (χ4v) is 2.27. The average molecular weight is 373 g/mol. The zero-order valence-corrected chi connectivity index (χ0v) is 16.7. The summed E-state index contributed by atoms with van der Waals surface area (Å²) < 4.78 is 11.4. The van der Waals surface area contributed by atoms with Crippen molar-refractivity contribution in [3.05, 3.63) is 39.8 Å². The SMILES string of the molecule is CCOc1cc(/C=N/Nc2nnc(C(C)(C)C)c(=O)[nH]2)ccc1OC(C)C. The van der Waals surface area contributed by atoms with Crippen LogP contribution in [0.5, 0.6) is 11.5 Å². The van der Waals surface area contributed by atoms with Gasteiger partial charge in [0.1, 0.15) is 5.69 Å². The van der Waals surface area contributed by atoms with Crippen molar-refractivity contribution in [2.24, 2.45) is 5.10 Å². The van der Waals surface area contributed by atoms with Crippen LogP contribution in [0.1, 0.15) is 52.8 Å². The Morgan fingerprint density at radius 3 is 2.59 bits per heavy atom. The zero-order valence-electron chi connectivity index (χ0n) is 16.7. The largest absolute Gasteiger partial charge is 0.490 e. The summed E-state index contributed by atoms with van der Waals surface area (Å²) in [5, 5.41) is 12.0. The van der Waals surface area contributed by atoms with E-state index in [-0.39, 0.29) is 23.0 Å². The van der Waals surface area contributed by atoms with Crippen LogP contribution in [0.15, 0.2) is 28.1 Å². The summed E-state index contributed by atoms with van der Waals surface area (Å²) in [7, 11) is 0. The number of nitrogens with one attached hydrogen (secondary N) is 2. The lowest BCUT2D eigenvalue weighted by Crippen LogP contribution is -2.28. The lowest BCUT2D eigenvalue weighted by molar-refractivity contribution is 0.224. The first-order valence-electron chi connectivity index (χ1n) is 8.90. The molecule has 146 valence electrons. The van der Waals surface area contributed by atoms with Gasteiger partial charge in [-0.1, -0.05) is 20.8 Å². The lowest BCUT2D eigenvalue weighted by Gasteiger charge is -2.15. The van der Waals surface area contributed by atoms with E-state index in [2.05, 4.69) is 25.7 Å². The first-order valence-corrected chi connectivity index (χ1v) is 8.90. The summed E-state index contributed by atoms with van der Waals surface area (Å²) in [5.41, 5.74) is 3.20. The molecule has 1 aromatic carbocycles. The molecule has 1 aromatic heterocycles. The average Bonchev–Trinajstić information content (AvgIpc) is 2.56. The van der Waals surface area contributed by atoms with Crippen molar-refractivity contribution in [1.82, 2.24) is 15.2 Å². The summed E-state index contributed by atoms with van der Waals surface area (Å²) in [6, 6.07) is 5.54. The molecule has 0 spiro atoms. The molecule has 0 saturated heterocycles. The number of rotatable bonds is 7. The Hall–Kier alpha value is -2.90. The summed E-state index contributed by atoms with van der Waals surface area (Å²) in [4.78, 5) is 14.7. The van der Waals surface area contributed by atoms with E-state index in [1.807, 2.05) is 59.7 Å². The highest BCUT2D eigenvalue weighted by Crippen LogP contribution is 2.29. The molecule has 0 radical (unpaired) electrons. The number of aromatic nitrogens is 3. The highest BCUT2D eigenvalue weighted by molar-refractivity contribution is 5.81. The highest BCUT2D eigenvalue weighted by atomic mass is 16.5. The van der Waals surface area contributed by atoms with Gasteiger partial charge in [0.15, 0.2) is 11.5 Å². The molecular formula is C19H27N5O3. The van der Waals surface area contributed by atoms with Gasteiger partial charge < -0.3 is 9.47 Å². The van der Waals surface area contributed by atoms with Crippen LogP contribution >= 0.6 is 0 Å². The van der Waals surface area contributed by atoms with E-state index in [0.717, 1.165) is 5.56 Å². The summed E-state index contributed by atoms with van der Waals surface area (Å²) in [6.07, 6.45) is 1.65. The predicted octanol–water partition coefficient (Wildman–Crippen LogP) is 3.09.